The van der Waals surface area contributed by atoms with Gasteiger partial charge in [-0.05, 0) is 27.7 Å². The summed E-state index contributed by atoms with van der Waals surface area (Å²) in [5.41, 5.74) is -0.110. The Morgan fingerprint density at radius 1 is 1.47 bits per heavy atom. The van der Waals surface area contributed by atoms with Crippen molar-refractivity contribution < 1.29 is 19.4 Å². The zero-order valence-corrected chi connectivity index (χ0v) is 11.9. The molecule has 0 fully saturated rings. The third kappa shape index (κ3) is 4.50. The van der Waals surface area contributed by atoms with Crippen molar-refractivity contribution in [3.05, 3.63) is 11.3 Å². The molecule has 0 spiro atoms. The largest absolute Gasteiger partial charge is 0.511 e. The number of rotatable bonds is 3. The predicted molar refractivity (Wildman–Crippen MR) is 72.3 cm³/mol. The number of carbonyl (C=O) groups excluding carboxylic acids is 2. The van der Waals surface area contributed by atoms with Crippen LogP contribution in [-0.4, -0.2) is 35.2 Å². The van der Waals surface area contributed by atoms with Crippen molar-refractivity contribution in [2.45, 2.75) is 46.1 Å². The van der Waals surface area contributed by atoms with Crippen molar-refractivity contribution in [1.82, 2.24) is 0 Å². The lowest BCUT2D eigenvalue weighted by Gasteiger charge is -2.21. The Bertz CT molecular complexity index is 429. The van der Waals surface area contributed by atoms with Crippen LogP contribution in [0.2, 0.25) is 0 Å². The van der Waals surface area contributed by atoms with E-state index in [1.807, 2.05) is 20.8 Å². The number of nitrogens with zero attached hydrogens (tertiary/aromatic N) is 1. The smallest absolute Gasteiger partial charge is 0.309 e. The fourth-order valence-electron chi connectivity index (χ4n) is 1.74. The van der Waals surface area contributed by atoms with Crippen LogP contribution >= 0.6 is 0 Å². The van der Waals surface area contributed by atoms with Gasteiger partial charge in [0.05, 0.1) is 23.6 Å². The number of hydrogen-bond donors (Lipinski definition) is 1. The molecule has 0 heterocycles. The lowest BCUT2D eigenvalue weighted by Crippen LogP contribution is -2.28. The van der Waals surface area contributed by atoms with Gasteiger partial charge in [0.1, 0.15) is 5.76 Å². The highest BCUT2D eigenvalue weighted by atomic mass is 16.5. The molecular formula is C14H21NO4. The molecule has 19 heavy (non-hydrogen) atoms. The second-order valence-electron chi connectivity index (χ2n) is 5.57. The molecule has 0 saturated carbocycles. The van der Waals surface area contributed by atoms with Gasteiger partial charge >= 0.3 is 5.97 Å². The number of hydrogen-bond acceptors (Lipinski definition) is 5. The van der Waals surface area contributed by atoms with Crippen molar-refractivity contribution in [2.75, 3.05) is 6.61 Å². The number of esters is 1. The summed E-state index contributed by atoms with van der Waals surface area (Å²) < 4.78 is 4.87. The molecule has 0 radical (unpaired) electrons. The zero-order valence-electron chi connectivity index (χ0n) is 11.9. The van der Waals surface area contributed by atoms with E-state index in [4.69, 9.17) is 4.74 Å². The standard InChI is InChI=1S/C14H21NO4/c1-5-19-13(18)9-6-11(16)10(12(17)7-9)8-15-14(2,3)4/h8-9,16H,5-7H2,1-4H3. The van der Waals surface area contributed by atoms with Gasteiger partial charge in [0.2, 0.25) is 0 Å². The minimum absolute atomic E-state index is 0.0639. The summed E-state index contributed by atoms with van der Waals surface area (Å²) in [6.45, 7) is 7.67. The Kier molecular flexibility index (Phi) is 4.86. The van der Waals surface area contributed by atoms with Gasteiger partial charge in [-0.2, -0.15) is 0 Å². The van der Waals surface area contributed by atoms with Crippen LogP contribution in [0.5, 0.6) is 0 Å². The van der Waals surface area contributed by atoms with Crippen molar-refractivity contribution in [3.8, 4) is 0 Å². The van der Waals surface area contributed by atoms with Gasteiger partial charge in [-0.1, -0.05) is 0 Å². The maximum atomic E-state index is 11.9. The maximum Gasteiger partial charge on any atom is 0.309 e. The minimum Gasteiger partial charge on any atom is -0.511 e. The van der Waals surface area contributed by atoms with Crippen LogP contribution in [-0.2, 0) is 14.3 Å². The fourth-order valence-corrected chi connectivity index (χ4v) is 1.74. The molecule has 0 amide bonds. The lowest BCUT2D eigenvalue weighted by molar-refractivity contribution is -0.149. The van der Waals surface area contributed by atoms with Crippen LogP contribution in [0.15, 0.2) is 16.3 Å². The van der Waals surface area contributed by atoms with E-state index in [1.54, 1.807) is 6.92 Å². The van der Waals surface area contributed by atoms with Crippen LogP contribution in [0.3, 0.4) is 0 Å². The summed E-state index contributed by atoms with van der Waals surface area (Å²) in [6.07, 6.45) is 1.60. The number of ketones is 1. The molecule has 5 nitrogen and oxygen atoms in total. The normalized spacial score (nSPS) is 21.1. The van der Waals surface area contributed by atoms with E-state index >= 15 is 0 Å². The van der Waals surface area contributed by atoms with Gasteiger partial charge in [0.25, 0.3) is 0 Å². The highest BCUT2D eigenvalue weighted by Gasteiger charge is 2.32. The molecule has 1 unspecified atom stereocenters. The quantitative estimate of drug-likeness (QED) is 0.628. The van der Waals surface area contributed by atoms with Crippen LogP contribution in [0.4, 0.5) is 0 Å². The summed E-state index contributed by atoms with van der Waals surface area (Å²) in [6, 6.07) is 0. The molecule has 0 aromatic carbocycles. The molecule has 0 aliphatic heterocycles. The van der Waals surface area contributed by atoms with E-state index < -0.39 is 11.9 Å². The summed E-state index contributed by atoms with van der Waals surface area (Å²) in [5.74, 6) is -1.37. The third-order valence-corrected chi connectivity index (χ3v) is 2.68. The SMILES string of the molecule is CCOC(=O)C1CC(=O)C(C=NC(C)(C)C)=C(O)C1. The van der Waals surface area contributed by atoms with Crippen LogP contribution < -0.4 is 0 Å². The van der Waals surface area contributed by atoms with Gasteiger partial charge in [-0.3, -0.25) is 14.6 Å². The third-order valence-electron chi connectivity index (χ3n) is 2.68. The number of allylic oxidation sites excluding steroid dienone is 2. The van der Waals surface area contributed by atoms with Crippen LogP contribution in [0.25, 0.3) is 0 Å². The zero-order chi connectivity index (χ0) is 14.6. The molecule has 0 saturated heterocycles. The average molecular weight is 267 g/mol. The Morgan fingerprint density at radius 3 is 2.58 bits per heavy atom. The van der Waals surface area contributed by atoms with Crippen molar-refractivity contribution in [3.63, 3.8) is 0 Å². The van der Waals surface area contributed by atoms with Gasteiger partial charge in [-0.25, -0.2) is 0 Å². The van der Waals surface area contributed by atoms with E-state index in [1.165, 1.54) is 6.21 Å². The highest BCUT2D eigenvalue weighted by Crippen LogP contribution is 2.26. The lowest BCUT2D eigenvalue weighted by atomic mass is 9.87. The molecule has 5 heteroatoms. The molecular weight excluding hydrogens is 246 g/mol. The average Bonchev–Trinajstić information content (AvgIpc) is 2.26. The molecule has 1 rings (SSSR count). The minimum atomic E-state index is -0.584. The summed E-state index contributed by atoms with van der Waals surface area (Å²) in [4.78, 5) is 27.7. The number of aliphatic hydroxyl groups is 1. The monoisotopic (exact) mass is 267 g/mol. The van der Waals surface area contributed by atoms with E-state index in [9.17, 15) is 14.7 Å². The molecule has 0 aromatic heterocycles. The summed E-state index contributed by atoms with van der Waals surface area (Å²) in [7, 11) is 0. The second kappa shape index (κ2) is 5.99. The van der Waals surface area contributed by atoms with Crippen LogP contribution in [0.1, 0.15) is 40.5 Å². The number of aliphatic imine (C=N–C) groups is 1. The number of ether oxygens (including phenoxy) is 1. The highest BCUT2D eigenvalue weighted by molar-refractivity contribution is 6.15. The van der Waals surface area contributed by atoms with Gasteiger partial charge < -0.3 is 9.84 Å². The topological polar surface area (TPSA) is 76.0 Å². The first-order valence-electron chi connectivity index (χ1n) is 6.41. The van der Waals surface area contributed by atoms with E-state index in [0.29, 0.717) is 0 Å². The Morgan fingerprint density at radius 2 is 2.11 bits per heavy atom. The Labute approximate surface area is 113 Å². The van der Waals surface area contributed by atoms with Crippen molar-refractivity contribution in [1.29, 1.82) is 0 Å². The van der Waals surface area contributed by atoms with Gasteiger partial charge in [-0.15, -0.1) is 0 Å². The van der Waals surface area contributed by atoms with E-state index in [-0.39, 0.29) is 42.1 Å². The molecule has 1 N–H and O–H groups in total. The molecule has 1 atom stereocenters. The molecule has 1 aliphatic carbocycles. The molecule has 1 aliphatic rings. The fraction of sp³-hybridized carbons (Fsp3) is 0.643. The van der Waals surface area contributed by atoms with E-state index in [0.717, 1.165) is 0 Å². The first-order valence-corrected chi connectivity index (χ1v) is 6.41. The molecule has 0 aromatic rings. The van der Waals surface area contributed by atoms with Gasteiger partial charge in [0, 0.05) is 19.1 Å². The van der Waals surface area contributed by atoms with Crippen molar-refractivity contribution >= 4 is 18.0 Å². The maximum absolute atomic E-state index is 11.9. The van der Waals surface area contributed by atoms with E-state index in [2.05, 4.69) is 4.99 Å². The molecule has 0 bridgehead atoms. The predicted octanol–water partition coefficient (Wildman–Crippen LogP) is 2.21. The Balaban J connectivity index is 2.86. The summed E-state index contributed by atoms with van der Waals surface area (Å²) >= 11 is 0. The summed E-state index contributed by atoms with van der Waals surface area (Å²) in [5, 5.41) is 9.88. The molecule has 106 valence electrons. The number of carbonyl (C=O) groups is 2. The Hall–Kier alpha value is -1.65. The first kappa shape index (κ1) is 15.4. The number of Topliss-reactive ketones (excluding diaryl/α,β-unsaturated/α-hetero) is 1. The second-order valence-corrected chi connectivity index (χ2v) is 5.57. The first-order chi connectivity index (χ1) is 8.74. The van der Waals surface area contributed by atoms with Crippen molar-refractivity contribution in [2.24, 2.45) is 10.9 Å². The van der Waals surface area contributed by atoms with Crippen LogP contribution in [0, 0.1) is 5.92 Å². The number of aliphatic hydroxyl groups excluding tert-OH is 1. The van der Waals surface area contributed by atoms with Gasteiger partial charge in [0.15, 0.2) is 5.78 Å².